The summed E-state index contributed by atoms with van der Waals surface area (Å²) in [4.78, 5) is 17.2. The van der Waals surface area contributed by atoms with Crippen LogP contribution in [0, 0.1) is 5.82 Å². The molecule has 6 nitrogen and oxygen atoms in total. The van der Waals surface area contributed by atoms with Crippen LogP contribution in [0.4, 0.5) is 8.78 Å². The molecule has 4 heterocycles. The molecule has 32 heavy (non-hydrogen) atoms. The highest BCUT2D eigenvalue weighted by Gasteiger charge is 2.55. The lowest BCUT2D eigenvalue weighted by Crippen LogP contribution is -2.58. The molecule has 0 fully saturated rings. The zero-order valence-corrected chi connectivity index (χ0v) is 18.0. The third-order valence-electron chi connectivity index (χ3n) is 6.52. The molecule has 2 unspecified atom stereocenters. The molecule has 164 valence electrons. The Bertz CT molecular complexity index is 1230. The van der Waals surface area contributed by atoms with Gasteiger partial charge in [-0.3, -0.25) is 9.78 Å². The molecule has 0 radical (unpaired) electrons. The van der Waals surface area contributed by atoms with Crippen molar-refractivity contribution in [2.24, 2.45) is 10.2 Å². The first-order valence-corrected chi connectivity index (χ1v) is 10.6. The highest BCUT2D eigenvalue weighted by Crippen LogP contribution is 2.53. The van der Waals surface area contributed by atoms with E-state index >= 15 is 4.39 Å². The SMILES string of the molecule is CCC1(c2cccc(-c3ccncc3F)c2)C2=C(CC(C)(C)NC2=O)NC2N=NC(F)=C21. The van der Waals surface area contributed by atoms with Gasteiger partial charge >= 0.3 is 0 Å². The van der Waals surface area contributed by atoms with Crippen LogP contribution in [-0.2, 0) is 10.2 Å². The second-order valence-corrected chi connectivity index (χ2v) is 9.03. The van der Waals surface area contributed by atoms with E-state index in [0.717, 1.165) is 11.9 Å². The zero-order chi connectivity index (χ0) is 22.7. The van der Waals surface area contributed by atoms with Crippen LogP contribution >= 0.6 is 0 Å². The number of aromatic nitrogens is 1. The lowest BCUT2D eigenvalue weighted by Gasteiger charge is -2.48. The maximum Gasteiger partial charge on any atom is 0.250 e. The molecule has 0 saturated heterocycles. The highest BCUT2D eigenvalue weighted by molar-refractivity contribution is 6.00. The van der Waals surface area contributed by atoms with Crippen LogP contribution in [0.15, 0.2) is 75.7 Å². The quantitative estimate of drug-likeness (QED) is 0.688. The van der Waals surface area contributed by atoms with E-state index < -0.39 is 28.9 Å². The molecule has 5 rings (SSSR count). The van der Waals surface area contributed by atoms with Crippen molar-refractivity contribution in [2.45, 2.75) is 50.7 Å². The van der Waals surface area contributed by atoms with E-state index in [4.69, 9.17) is 0 Å². The number of azo groups is 1. The second-order valence-electron chi connectivity index (χ2n) is 9.03. The van der Waals surface area contributed by atoms with Crippen LogP contribution in [0.1, 0.15) is 39.2 Å². The average Bonchev–Trinajstić information content (AvgIpc) is 3.12. The van der Waals surface area contributed by atoms with E-state index in [-0.39, 0.29) is 5.91 Å². The van der Waals surface area contributed by atoms with Gasteiger partial charge in [0.1, 0.15) is 5.82 Å². The van der Waals surface area contributed by atoms with E-state index in [2.05, 4.69) is 25.8 Å². The van der Waals surface area contributed by atoms with Crippen LogP contribution in [0.25, 0.3) is 11.1 Å². The van der Waals surface area contributed by atoms with Crippen molar-refractivity contribution in [2.75, 3.05) is 0 Å². The summed E-state index contributed by atoms with van der Waals surface area (Å²) in [5.74, 6) is -1.39. The largest absolute Gasteiger partial charge is 0.362 e. The van der Waals surface area contributed by atoms with Crippen molar-refractivity contribution in [3.63, 3.8) is 0 Å². The predicted molar refractivity (Wildman–Crippen MR) is 115 cm³/mol. The number of hydrogen-bond donors (Lipinski definition) is 2. The lowest BCUT2D eigenvalue weighted by molar-refractivity contribution is -0.120. The molecule has 2 N–H and O–H groups in total. The molecule has 0 aliphatic carbocycles. The van der Waals surface area contributed by atoms with Crippen molar-refractivity contribution in [1.82, 2.24) is 15.6 Å². The zero-order valence-electron chi connectivity index (χ0n) is 18.0. The van der Waals surface area contributed by atoms with E-state index in [1.54, 1.807) is 18.2 Å². The summed E-state index contributed by atoms with van der Waals surface area (Å²) in [6.07, 6.45) is 2.96. The number of rotatable bonds is 3. The summed E-state index contributed by atoms with van der Waals surface area (Å²) < 4.78 is 29.6. The maximum atomic E-state index is 15.1. The van der Waals surface area contributed by atoms with Gasteiger partial charge in [-0.25, -0.2) is 4.39 Å². The topological polar surface area (TPSA) is 78.7 Å². The summed E-state index contributed by atoms with van der Waals surface area (Å²) in [6.45, 7) is 5.80. The molecule has 1 amide bonds. The molecular formula is C24H23F2N5O. The number of fused-ring (bicyclic) bond motifs is 1. The molecule has 3 aliphatic rings. The first-order valence-electron chi connectivity index (χ1n) is 10.6. The normalized spacial score (nSPS) is 25.9. The number of carbonyl (C=O) groups is 1. The monoisotopic (exact) mass is 435 g/mol. The Morgan fingerprint density at radius 3 is 2.78 bits per heavy atom. The van der Waals surface area contributed by atoms with Crippen molar-refractivity contribution in [3.05, 3.63) is 76.9 Å². The fourth-order valence-corrected chi connectivity index (χ4v) is 5.23. The van der Waals surface area contributed by atoms with E-state index in [0.29, 0.717) is 40.7 Å². The molecule has 2 atom stereocenters. The number of nitrogens with one attached hydrogen (secondary N) is 2. The number of carbonyl (C=O) groups excluding carboxylic acids is 1. The standard InChI is InChI=1S/C24H23F2N5O/c1-4-24(14-7-5-6-13(10-14)15-8-9-27-12-16(15)25)18-17(11-23(2,3)29-22(18)32)28-21-19(24)20(26)30-31-21/h5-10,12,21,28H,4,11H2,1-3H3,(H,29,32). The van der Waals surface area contributed by atoms with Gasteiger partial charge in [0, 0.05) is 35.0 Å². The van der Waals surface area contributed by atoms with Gasteiger partial charge in [-0.2, -0.15) is 9.50 Å². The van der Waals surface area contributed by atoms with Crippen LogP contribution in [-0.4, -0.2) is 22.6 Å². The molecule has 0 spiro atoms. The van der Waals surface area contributed by atoms with Crippen molar-refractivity contribution < 1.29 is 13.6 Å². The molecule has 3 aliphatic heterocycles. The third kappa shape index (κ3) is 2.89. The third-order valence-corrected chi connectivity index (χ3v) is 6.52. The smallest absolute Gasteiger partial charge is 0.250 e. The van der Waals surface area contributed by atoms with Crippen molar-refractivity contribution >= 4 is 5.91 Å². The summed E-state index contributed by atoms with van der Waals surface area (Å²) in [5.41, 5.74) is 1.69. The van der Waals surface area contributed by atoms with Gasteiger partial charge in [0.05, 0.1) is 17.2 Å². The molecular weight excluding hydrogens is 412 g/mol. The number of pyridine rings is 1. The van der Waals surface area contributed by atoms with Crippen molar-refractivity contribution in [3.8, 4) is 11.1 Å². The summed E-state index contributed by atoms with van der Waals surface area (Å²) in [5, 5.41) is 14.1. The van der Waals surface area contributed by atoms with Gasteiger partial charge in [0.15, 0.2) is 6.17 Å². The van der Waals surface area contributed by atoms with Crippen molar-refractivity contribution in [1.29, 1.82) is 0 Å². The van der Waals surface area contributed by atoms with Gasteiger partial charge in [-0.05, 0) is 43.5 Å². The Hall–Kier alpha value is -3.42. The molecule has 0 bridgehead atoms. The van der Waals surface area contributed by atoms with Crippen LogP contribution in [0.2, 0.25) is 0 Å². The minimum absolute atomic E-state index is 0.253. The Balaban J connectivity index is 1.78. The van der Waals surface area contributed by atoms with Gasteiger partial charge in [-0.15, -0.1) is 5.11 Å². The number of halogens is 2. The summed E-state index contributed by atoms with van der Waals surface area (Å²) in [7, 11) is 0. The minimum Gasteiger partial charge on any atom is -0.362 e. The van der Waals surface area contributed by atoms with E-state index in [1.165, 1.54) is 6.20 Å². The number of amides is 1. The molecule has 1 aromatic carbocycles. The Morgan fingerprint density at radius 2 is 2.03 bits per heavy atom. The molecule has 1 aromatic heterocycles. The van der Waals surface area contributed by atoms with Crippen LogP contribution in [0.5, 0.6) is 0 Å². The number of hydrogen-bond acceptors (Lipinski definition) is 5. The van der Waals surface area contributed by atoms with Crippen LogP contribution < -0.4 is 10.6 Å². The number of benzene rings is 1. The average molecular weight is 435 g/mol. The van der Waals surface area contributed by atoms with E-state index in [1.807, 2.05) is 32.9 Å². The summed E-state index contributed by atoms with van der Waals surface area (Å²) in [6, 6.07) is 8.85. The fraction of sp³-hybridized carbons (Fsp3) is 0.333. The maximum absolute atomic E-state index is 15.1. The number of nitrogens with zero attached hydrogens (tertiary/aromatic N) is 3. The Kier molecular flexibility index (Phi) is 4.51. The van der Waals surface area contributed by atoms with Gasteiger partial charge in [-0.1, -0.05) is 25.1 Å². The first kappa shape index (κ1) is 20.5. The first-order chi connectivity index (χ1) is 15.3. The van der Waals surface area contributed by atoms with Gasteiger partial charge < -0.3 is 10.6 Å². The molecule has 8 heteroatoms. The summed E-state index contributed by atoms with van der Waals surface area (Å²) >= 11 is 0. The second kappa shape index (κ2) is 7.05. The van der Waals surface area contributed by atoms with Gasteiger partial charge in [0.2, 0.25) is 5.95 Å². The molecule has 0 saturated carbocycles. The highest BCUT2D eigenvalue weighted by atomic mass is 19.1. The van der Waals surface area contributed by atoms with Crippen LogP contribution in [0.3, 0.4) is 0 Å². The lowest BCUT2D eigenvalue weighted by atomic mass is 9.62. The Morgan fingerprint density at radius 1 is 1.22 bits per heavy atom. The minimum atomic E-state index is -1.08. The van der Waals surface area contributed by atoms with E-state index in [9.17, 15) is 9.18 Å². The molecule has 2 aromatic rings. The predicted octanol–water partition coefficient (Wildman–Crippen LogP) is 4.66. The van der Waals surface area contributed by atoms with Gasteiger partial charge in [0.25, 0.3) is 5.91 Å². The fourth-order valence-electron chi connectivity index (χ4n) is 5.23. The Labute approximate surface area is 184 Å².